The van der Waals surface area contributed by atoms with Gasteiger partial charge in [-0.25, -0.2) is 19.9 Å². The van der Waals surface area contributed by atoms with Crippen molar-refractivity contribution < 1.29 is 50.3 Å². The number of anilines is 1. The monoisotopic (exact) mass is 1240 g/mol. The third-order valence-corrected chi connectivity index (χ3v) is 12.2. The SMILES string of the molecule is NC(=O)c1ccc(C(F)(F)F)cc1.O=C(Cc1ccc(C(=O)c2c[nH]c3ncccc23)cn1)c1ccc(C(F)(F)F)cc1.O=C(Cl)c1ccc(Br)nc1.O=C(c1ccc(Br)nc1)c1c[nH]c2ncccc12.[C+]1=Cc2cccnc2N1. The van der Waals surface area contributed by atoms with Crippen LogP contribution in [0.2, 0.25) is 0 Å². The molecule has 0 saturated carbocycles. The lowest BCUT2D eigenvalue weighted by molar-refractivity contribution is -0.138. The number of rotatable bonds is 9. The van der Waals surface area contributed by atoms with Gasteiger partial charge in [0.15, 0.2) is 22.9 Å². The van der Waals surface area contributed by atoms with Crippen LogP contribution in [0, 0.1) is 6.20 Å². The lowest BCUT2D eigenvalue weighted by atomic mass is 10.0. The molecule has 10 aromatic rings. The summed E-state index contributed by atoms with van der Waals surface area (Å²) in [6.45, 7) is 0. The van der Waals surface area contributed by atoms with Crippen LogP contribution >= 0.6 is 43.5 Å². The number of amides is 1. The third-order valence-electron chi connectivity index (χ3n) is 11.1. The maximum Gasteiger partial charge on any atom is 0.416 e. The summed E-state index contributed by atoms with van der Waals surface area (Å²) in [5.41, 5.74) is 8.71. The van der Waals surface area contributed by atoms with Crippen molar-refractivity contribution >= 4 is 106 Å². The van der Waals surface area contributed by atoms with Crippen LogP contribution in [0.1, 0.15) is 85.3 Å². The first-order chi connectivity index (χ1) is 38.2. The zero-order chi connectivity index (χ0) is 57.6. The number of Topliss-reactive ketones (excluding diaryl/α,β-unsaturated/α-hetero) is 1. The first-order valence-electron chi connectivity index (χ1n) is 22.9. The number of nitrogens with zero attached hydrogens (tertiary/aromatic N) is 6. The van der Waals surface area contributed by atoms with Crippen molar-refractivity contribution in [3.63, 3.8) is 0 Å². The van der Waals surface area contributed by atoms with Crippen molar-refractivity contribution in [1.29, 1.82) is 0 Å². The first-order valence-corrected chi connectivity index (χ1v) is 24.9. The number of aromatic amines is 2. The van der Waals surface area contributed by atoms with E-state index in [9.17, 15) is 50.3 Å². The lowest BCUT2D eigenvalue weighted by Gasteiger charge is -2.07. The number of hydrogen-bond donors (Lipinski definition) is 4. The largest absolute Gasteiger partial charge is 0.416 e. The Morgan fingerprint density at radius 3 is 1.43 bits per heavy atom. The summed E-state index contributed by atoms with van der Waals surface area (Å²) >= 11 is 11.5. The number of ketones is 3. The number of nitrogens with two attached hydrogens (primary N) is 1. The molecule has 0 aliphatic carbocycles. The first kappa shape index (κ1) is 58.5. The summed E-state index contributed by atoms with van der Waals surface area (Å²) < 4.78 is 75.3. The second kappa shape index (κ2) is 26.5. The normalized spacial score (nSPS) is 11.1. The smallest absolute Gasteiger partial charge is 0.366 e. The molecule has 1 aliphatic heterocycles. The Morgan fingerprint density at radius 1 is 0.537 bits per heavy atom. The van der Waals surface area contributed by atoms with Gasteiger partial charge in [-0.3, -0.25) is 29.0 Å². The van der Waals surface area contributed by atoms with Crippen LogP contribution in [-0.4, -0.2) is 68.4 Å². The van der Waals surface area contributed by atoms with E-state index in [2.05, 4.69) is 83.2 Å². The molecule has 11 rings (SSSR count). The van der Waals surface area contributed by atoms with Crippen molar-refractivity contribution in [1.82, 2.24) is 39.9 Å². The summed E-state index contributed by atoms with van der Waals surface area (Å²) in [4.78, 5) is 88.7. The highest BCUT2D eigenvalue weighted by Crippen LogP contribution is 2.30. The number of aromatic nitrogens is 8. The maximum atomic E-state index is 12.7. The highest BCUT2D eigenvalue weighted by molar-refractivity contribution is 9.10. The van der Waals surface area contributed by atoms with Crippen LogP contribution in [0.4, 0.5) is 32.2 Å². The van der Waals surface area contributed by atoms with Crippen molar-refractivity contribution in [2.75, 3.05) is 5.32 Å². The summed E-state index contributed by atoms with van der Waals surface area (Å²) in [5.74, 6) is -0.499. The summed E-state index contributed by atoms with van der Waals surface area (Å²) in [6, 6.07) is 28.8. The molecule has 15 nitrogen and oxygen atoms in total. The highest BCUT2D eigenvalue weighted by Gasteiger charge is 2.31. The fourth-order valence-electron chi connectivity index (χ4n) is 7.02. The number of hydrogen-bond acceptors (Lipinski definition) is 12. The van der Waals surface area contributed by atoms with Crippen molar-refractivity contribution in [2.24, 2.45) is 5.73 Å². The molecule has 2 aromatic carbocycles. The topological polar surface area (TPSA) is 232 Å². The van der Waals surface area contributed by atoms with Gasteiger partial charge in [0, 0.05) is 105 Å². The van der Waals surface area contributed by atoms with E-state index in [4.69, 9.17) is 17.3 Å². The quantitative estimate of drug-likeness (QED) is 0.0347. The molecule has 24 heteroatoms. The minimum atomic E-state index is -4.45. The Balaban J connectivity index is 0.000000157. The molecular formula is C56H36Br2ClF6N10O5+. The molecule has 0 atom stereocenters. The molecule has 0 saturated heterocycles. The van der Waals surface area contributed by atoms with Crippen LogP contribution < -0.4 is 11.1 Å². The number of benzene rings is 2. The second-order valence-electron chi connectivity index (χ2n) is 16.4. The van der Waals surface area contributed by atoms with Gasteiger partial charge < -0.3 is 15.7 Å². The number of primary amides is 1. The standard InChI is InChI=1S/C22H14F3N3O2.C13H8BrN3O.C8H6F3NO.C7H5N2.C6H3BrClNO/c23-22(24,25)15-6-3-13(4-7-15)19(29)10-16-8-5-14(11-27-16)20(30)18-12-28-21-17(18)2-1-9-26-21;14-11-4-3-8(6-16-11)12(18)10-7-17-13-9(10)2-1-5-15-13;9-8(10,11)6-3-1-5(2-4-6)7(12)13;1-2-6-3-5-9-7(6)8-4-1;7-5-2-1-4(3-9-5)6(8)10/h1-9,11-12H,10H2,(H,26,28);1-7H,(H,15,17);1-4H,(H2,12,13);1-4H,(H,8,9);1-3H/q;;;+1;. The number of fused-ring (bicyclic) bond motifs is 3. The van der Waals surface area contributed by atoms with Crippen LogP contribution in [0.5, 0.6) is 0 Å². The van der Waals surface area contributed by atoms with Crippen molar-refractivity contribution in [3.8, 4) is 0 Å². The van der Waals surface area contributed by atoms with Gasteiger partial charge in [0.2, 0.25) is 5.91 Å². The molecule has 80 heavy (non-hydrogen) atoms. The summed E-state index contributed by atoms with van der Waals surface area (Å²) in [6.07, 6.45) is 8.50. The summed E-state index contributed by atoms with van der Waals surface area (Å²) in [5, 5.41) is 3.92. The third kappa shape index (κ3) is 15.8. The van der Waals surface area contributed by atoms with E-state index in [0.717, 1.165) is 65.3 Å². The molecule has 0 fully saturated rings. The Kier molecular flexibility index (Phi) is 19.4. The fraction of sp³-hybridized carbons (Fsp3) is 0.0536. The molecule has 1 aliphatic rings. The van der Waals surface area contributed by atoms with Gasteiger partial charge in [-0.1, -0.05) is 12.1 Å². The van der Waals surface area contributed by atoms with Crippen LogP contribution in [-0.2, 0) is 18.8 Å². The predicted octanol–water partition coefficient (Wildman–Crippen LogP) is 12.9. The number of alkyl halides is 6. The Bertz CT molecular complexity index is 3840. The molecule has 5 N–H and O–H groups in total. The van der Waals surface area contributed by atoms with Gasteiger partial charge in [0.1, 0.15) is 32.8 Å². The minimum Gasteiger partial charge on any atom is -0.366 e. The minimum absolute atomic E-state index is 0.0609. The van der Waals surface area contributed by atoms with E-state index in [1.54, 1.807) is 85.7 Å². The molecular weight excluding hydrogens is 1200 g/mol. The van der Waals surface area contributed by atoms with Gasteiger partial charge >= 0.3 is 12.4 Å². The van der Waals surface area contributed by atoms with Crippen molar-refractivity contribution in [2.45, 2.75) is 18.8 Å². The number of H-pyrrole nitrogens is 2. The van der Waals surface area contributed by atoms with Gasteiger partial charge in [-0.15, -0.1) is 0 Å². The van der Waals surface area contributed by atoms with E-state index in [1.807, 2.05) is 30.3 Å². The van der Waals surface area contributed by atoms with Crippen LogP contribution in [0.15, 0.2) is 180 Å². The van der Waals surface area contributed by atoms with Crippen LogP contribution in [0.25, 0.3) is 28.1 Å². The number of carbonyl (C=O) groups excluding carboxylic acids is 5. The Labute approximate surface area is 471 Å². The van der Waals surface area contributed by atoms with E-state index >= 15 is 0 Å². The zero-order valence-corrected chi connectivity index (χ0v) is 44.6. The molecule has 8 aromatic heterocycles. The highest BCUT2D eigenvalue weighted by atomic mass is 79.9. The van der Waals surface area contributed by atoms with Crippen molar-refractivity contribution in [3.05, 3.63) is 248 Å². The van der Waals surface area contributed by atoms with Gasteiger partial charge in [-0.05, 0) is 147 Å². The molecule has 402 valence electrons. The predicted molar refractivity (Wildman–Crippen MR) is 292 cm³/mol. The molecule has 0 spiro atoms. The second-order valence-corrected chi connectivity index (χ2v) is 18.4. The average Bonchev–Trinajstić information content (AvgIpc) is 4.23. The van der Waals surface area contributed by atoms with E-state index in [-0.39, 0.29) is 34.9 Å². The fourth-order valence-corrected chi connectivity index (χ4v) is 7.60. The number of carbonyl (C=O) groups is 5. The number of pyridine rings is 6. The summed E-state index contributed by atoms with van der Waals surface area (Å²) in [7, 11) is 0. The van der Waals surface area contributed by atoms with E-state index < -0.39 is 34.6 Å². The maximum absolute atomic E-state index is 12.7. The zero-order valence-electron chi connectivity index (χ0n) is 40.7. The molecule has 1 amide bonds. The Hall–Kier alpha value is -9.15. The molecule has 0 bridgehead atoms. The van der Waals surface area contributed by atoms with Gasteiger partial charge in [0.05, 0.1) is 23.1 Å². The van der Waals surface area contributed by atoms with Crippen LogP contribution in [0.3, 0.4) is 0 Å². The lowest BCUT2D eigenvalue weighted by Crippen LogP contribution is -2.11. The van der Waals surface area contributed by atoms with Gasteiger partial charge in [-0.2, -0.15) is 36.6 Å². The van der Waals surface area contributed by atoms with E-state index in [0.29, 0.717) is 59.4 Å². The molecule has 0 unspecified atom stereocenters. The molecule has 9 heterocycles. The average molecular weight is 1240 g/mol. The number of nitrogens with one attached hydrogen (secondary N) is 3. The van der Waals surface area contributed by atoms with Gasteiger partial charge in [0.25, 0.3) is 11.1 Å². The number of halogens is 9. The van der Waals surface area contributed by atoms with E-state index in [1.165, 1.54) is 12.4 Å². The molecule has 0 radical (unpaired) electrons. The Morgan fingerprint density at radius 2 is 0.988 bits per heavy atom.